The number of hydrogen-bond donors (Lipinski definition) is 1. The van der Waals surface area contributed by atoms with E-state index in [4.69, 9.17) is 9.47 Å². The SMILES string of the molecule is C=C/C=C(\C=C/Cc1csc(=NC)n1CCCNC(=O)COC)OCCC.Cc1ccc(C)nc1. The molecule has 0 aliphatic carbocycles. The van der Waals surface area contributed by atoms with E-state index in [-0.39, 0.29) is 12.5 Å². The number of pyridine rings is 1. The summed E-state index contributed by atoms with van der Waals surface area (Å²) in [6.45, 7) is 12.0. The number of methoxy groups -OCH3 is 1. The van der Waals surface area contributed by atoms with E-state index >= 15 is 0 Å². The summed E-state index contributed by atoms with van der Waals surface area (Å²) in [5, 5.41) is 4.97. The number of amides is 1. The van der Waals surface area contributed by atoms with Gasteiger partial charge in [-0.2, -0.15) is 0 Å². The molecule has 2 aromatic heterocycles. The van der Waals surface area contributed by atoms with Gasteiger partial charge in [0.15, 0.2) is 4.80 Å². The van der Waals surface area contributed by atoms with Crippen LogP contribution in [0, 0.1) is 13.8 Å². The van der Waals surface area contributed by atoms with E-state index < -0.39 is 0 Å². The highest BCUT2D eigenvalue weighted by atomic mass is 32.1. The number of aryl methyl sites for hydroxylation is 2. The van der Waals surface area contributed by atoms with Gasteiger partial charge in [0.2, 0.25) is 5.91 Å². The molecule has 0 aliphatic heterocycles. The number of nitrogens with zero attached hydrogens (tertiary/aromatic N) is 3. The van der Waals surface area contributed by atoms with E-state index in [0.717, 1.165) is 42.1 Å². The van der Waals surface area contributed by atoms with Gasteiger partial charge in [-0.1, -0.05) is 31.7 Å². The zero-order valence-electron chi connectivity index (χ0n) is 21.8. The molecule has 1 amide bonds. The molecule has 0 bridgehead atoms. The molecule has 0 radical (unpaired) electrons. The van der Waals surface area contributed by atoms with Gasteiger partial charge in [0, 0.05) is 56.6 Å². The Bertz CT molecular complexity index is 983. The van der Waals surface area contributed by atoms with E-state index in [9.17, 15) is 4.79 Å². The Morgan fingerprint density at radius 3 is 2.74 bits per heavy atom. The Hall–Kier alpha value is -2.97. The van der Waals surface area contributed by atoms with Crippen LogP contribution in [0.3, 0.4) is 0 Å². The minimum Gasteiger partial charge on any atom is -0.494 e. The van der Waals surface area contributed by atoms with Crippen LogP contribution in [0.1, 0.15) is 36.7 Å². The zero-order valence-corrected chi connectivity index (χ0v) is 22.6. The molecular weight excluding hydrogens is 460 g/mol. The molecule has 7 nitrogen and oxygen atoms in total. The Kier molecular flexibility index (Phi) is 15.8. The van der Waals surface area contributed by atoms with Crippen molar-refractivity contribution < 1.29 is 14.3 Å². The van der Waals surface area contributed by atoms with E-state index in [2.05, 4.69) is 50.9 Å². The van der Waals surface area contributed by atoms with Crippen molar-refractivity contribution in [3.8, 4) is 0 Å². The topological polar surface area (TPSA) is 77.7 Å². The molecule has 0 saturated heterocycles. The Labute approximate surface area is 213 Å². The second kappa shape index (κ2) is 18.4. The first-order chi connectivity index (χ1) is 16.9. The van der Waals surface area contributed by atoms with Crippen molar-refractivity contribution in [1.29, 1.82) is 0 Å². The number of carbonyl (C=O) groups is 1. The molecule has 0 atom stereocenters. The fourth-order valence-electron chi connectivity index (χ4n) is 2.91. The fourth-order valence-corrected chi connectivity index (χ4v) is 3.82. The Balaban J connectivity index is 0.000000642. The van der Waals surface area contributed by atoms with Crippen molar-refractivity contribution in [2.24, 2.45) is 4.99 Å². The Morgan fingerprint density at radius 2 is 2.14 bits per heavy atom. The van der Waals surface area contributed by atoms with Crippen molar-refractivity contribution in [3.63, 3.8) is 0 Å². The molecule has 8 heteroatoms. The molecule has 0 unspecified atom stereocenters. The molecule has 192 valence electrons. The molecule has 2 aromatic rings. The summed E-state index contributed by atoms with van der Waals surface area (Å²) >= 11 is 1.62. The van der Waals surface area contributed by atoms with Crippen molar-refractivity contribution in [1.82, 2.24) is 14.9 Å². The minimum absolute atomic E-state index is 0.0926. The second-order valence-corrected chi connectivity index (χ2v) is 8.59. The maximum absolute atomic E-state index is 11.4. The first-order valence-corrected chi connectivity index (χ1v) is 12.7. The lowest BCUT2D eigenvalue weighted by Crippen LogP contribution is -2.29. The van der Waals surface area contributed by atoms with Crippen molar-refractivity contribution in [2.45, 2.75) is 46.6 Å². The fraction of sp³-hybridized carbons (Fsp3) is 0.444. The van der Waals surface area contributed by atoms with Crippen LogP contribution in [0.15, 0.2) is 65.3 Å². The number of allylic oxidation sites excluding steroid dienone is 4. The van der Waals surface area contributed by atoms with Gasteiger partial charge in [0.25, 0.3) is 0 Å². The third-order valence-electron chi connectivity index (χ3n) is 4.65. The lowest BCUT2D eigenvalue weighted by molar-refractivity contribution is -0.124. The molecule has 0 fully saturated rings. The van der Waals surface area contributed by atoms with Crippen LogP contribution in [0.25, 0.3) is 0 Å². The van der Waals surface area contributed by atoms with Gasteiger partial charge in [-0.05, 0) is 50.5 Å². The van der Waals surface area contributed by atoms with Crippen molar-refractivity contribution in [2.75, 3.05) is 33.9 Å². The monoisotopic (exact) mass is 500 g/mol. The van der Waals surface area contributed by atoms with Crippen LogP contribution in [-0.4, -0.2) is 49.4 Å². The average molecular weight is 501 g/mol. The molecular formula is C27H40N4O3S. The summed E-state index contributed by atoms with van der Waals surface area (Å²) in [4.78, 5) is 20.8. The predicted octanol–water partition coefficient (Wildman–Crippen LogP) is 4.53. The number of carbonyl (C=O) groups excluding carboxylic acids is 1. The van der Waals surface area contributed by atoms with E-state index in [1.165, 1.54) is 18.4 Å². The van der Waals surface area contributed by atoms with Crippen LogP contribution < -0.4 is 10.1 Å². The summed E-state index contributed by atoms with van der Waals surface area (Å²) in [7, 11) is 3.31. The van der Waals surface area contributed by atoms with Gasteiger partial charge in [0.1, 0.15) is 12.4 Å². The third kappa shape index (κ3) is 12.9. The molecule has 35 heavy (non-hydrogen) atoms. The maximum atomic E-state index is 11.4. The van der Waals surface area contributed by atoms with Crippen LogP contribution in [0.2, 0.25) is 0 Å². The van der Waals surface area contributed by atoms with Crippen LogP contribution >= 0.6 is 11.3 Å². The summed E-state index contributed by atoms with van der Waals surface area (Å²) < 4.78 is 12.7. The van der Waals surface area contributed by atoms with Gasteiger partial charge >= 0.3 is 0 Å². The van der Waals surface area contributed by atoms with Gasteiger partial charge in [-0.15, -0.1) is 11.3 Å². The Morgan fingerprint density at radius 1 is 1.34 bits per heavy atom. The van der Waals surface area contributed by atoms with E-state index in [1.807, 2.05) is 38.3 Å². The number of thiazole rings is 1. The lowest BCUT2D eigenvalue weighted by Gasteiger charge is -2.09. The minimum atomic E-state index is -0.0926. The first kappa shape index (κ1) is 30.1. The highest BCUT2D eigenvalue weighted by Crippen LogP contribution is 2.08. The second-order valence-electron chi connectivity index (χ2n) is 7.76. The highest BCUT2D eigenvalue weighted by molar-refractivity contribution is 7.07. The number of hydrogen-bond acceptors (Lipinski definition) is 6. The summed E-state index contributed by atoms with van der Waals surface area (Å²) in [5.41, 5.74) is 3.49. The number of aromatic nitrogens is 2. The number of rotatable bonds is 13. The summed E-state index contributed by atoms with van der Waals surface area (Å²) in [6, 6.07) is 4.07. The number of nitrogens with one attached hydrogen (secondary N) is 1. The normalized spacial score (nSPS) is 11.8. The number of ether oxygens (including phenoxy) is 2. The average Bonchev–Trinajstić information content (AvgIpc) is 3.24. The largest absolute Gasteiger partial charge is 0.494 e. The third-order valence-corrected chi connectivity index (χ3v) is 5.65. The molecule has 0 aliphatic rings. The standard InChI is InChI=1S/C20H31N3O3S.C7H9N/c1-5-9-18(26-14-6-2)11-7-10-17-16-27-20(21-3)23(17)13-8-12-22-19(24)15-25-4;1-6-3-4-7(2)8-5-6/h5,7,9,11,16H,1,6,8,10,12-15H2,2-4H3,(H,22,24);3-5H,1-2H3/b11-7-,18-9+,21-20?;. The maximum Gasteiger partial charge on any atom is 0.245 e. The molecule has 0 aromatic carbocycles. The van der Waals surface area contributed by atoms with Gasteiger partial charge in [0.05, 0.1) is 6.61 Å². The predicted molar refractivity (Wildman–Crippen MR) is 144 cm³/mol. The molecule has 1 N–H and O–H groups in total. The van der Waals surface area contributed by atoms with Crippen molar-refractivity contribution in [3.05, 3.63) is 82.1 Å². The van der Waals surface area contributed by atoms with Gasteiger partial charge < -0.3 is 19.4 Å². The van der Waals surface area contributed by atoms with E-state index in [1.54, 1.807) is 24.5 Å². The molecule has 2 heterocycles. The molecule has 0 spiro atoms. The zero-order chi connectivity index (χ0) is 25.9. The smallest absolute Gasteiger partial charge is 0.245 e. The first-order valence-electron chi connectivity index (χ1n) is 11.8. The van der Waals surface area contributed by atoms with Gasteiger partial charge in [-0.3, -0.25) is 14.8 Å². The molecule has 2 rings (SSSR count). The summed E-state index contributed by atoms with van der Waals surface area (Å²) in [5.74, 6) is 0.722. The van der Waals surface area contributed by atoms with E-state index in [0.29, 0.717) is 13.2 Å². The highest BCUT2D eigenvalue weighted by Gasteiger charge is 2.05. The quantitative estimate of drug-likeness (QED) is 0.249. The van der Waals surface area contributed by atoms with Crippen molar-refractivity contribution >= 4 is 17.2 Å². The van der Waals surface area contributed by atoms with Crippen LogP contribution in [0.5, 0.6) is 0 Å². The van der Waals surface area contributed by atoms with Gasteiger partial charge in [-0.25, -0.2) is 0 Å². The van der Waals surface area contributed by atoms with Crippen LogP contribution in [-0.2, 0) is 27.2 Å². The van der Waals surface area contributed by atoms with Crippen LogP contribution in [0.4, 0.5) is 0 Å². The molecule has 0 saturated carbocycles. The lowest BCUT2D eigenvalue weighted by atomic mass is 10.2. The summed E-state index contributed by atoms with van der Waals surface area (Å²) in [6.07, 6.45) is 12.1.